The molecule has 0 amide bonds. The fourth-order valence-corrected chi connectivity index (χ4v) is 3.52. The van der Waals surface area contributed by atoms with Crippen LogP contribution in [0.3, 0.4) is 0 Å². The molecule has 1 aromatic heterocycles. The summed E-state index contributed by atoms with van der Waals surface area (Å²) in [6.45, 7) is 0. The van der Waals surface area contributed by atoms with Gasteiger partial charge in [-0.2, -0.15) is 0 Å². The minimum Gasteiger partial charge on any atom is -0.422 e. The zero-order valence-corrected chi connectivity index (χ0v) is 15.7. The van der Waals surface area contributed by atoms with Crippen molar-refractivity contribution in [3.05, 3.63) is 101 Å². The molecular formula is C24H18O2S. The maximum absolute atomic E-state index is 13.0. The highest BCUT2D eigenvalue weighted by Gasteiger charge is 2.16. The number of thioether (sulfide) groups is 1. The van der Waals surface area contributed by atoms with E-state index in [-0.39, 0.29) is 5.63 Å². The van der Waals surface area contributed by atoms with Crippen molar-refractivity contribution in [2.45, 2.75) is 4.90 Å². The van der Waals surface area contributed by atoms with E-state index in [1.54, 1.807) is 11.8 Å². The monoisotopic (exact) mass is 370 g/mol. The third-order valence-electron chi connectivity index (χ3n) is 4.47. The summed E-state index contributed by atoms with van der Waals surface area (Å²) in [5, 5.41) is 0. The quantitative estimate of drug-likeness (QED) is 0.391. The Balaban J connectivity index is 1.97. The normalized spacial score (nSPS) is 10.7. The number of hydrogen-bond acceptors (Lipinski definition) is 3. The van der Waals surface area contributed by atoms with Crippen LogP contribution in [0, 0.1) is 0 Å². The van der Waals surface area contributed by atoms with Gasteiger partial charge in [0.1, 0.15) is 5.76 Å². The molecule has 0 aliphatic rings. The first-order valence-electron chi connectivity index (χ1n) is 8.69. The molecule has 0 aliphatic carbocycles. The van der Waals surface area contributed by atoms with Gasteiger partial charge < -0.3 is 4.42 Å². The predicted molar refractivity (Wildman–Crippen MR) is 113 cm³/mol. The van der Waals surface area contributed by atoms with Gasteiger partial charge >= 0.3 is 5.63 Å². The summed E-state index contributed by atoms with van der Waals surface area (Å²) in [4.78, 5) is 14.1. The molecule has 132 valence electrons. The maximum Gasteiger partial charge on any atom is 0.344 e. The van der Waals surface area contributed by atoms with Crippen LogP contribution in [0.15, 0.2) is 105 Å². The van der Waals surface area contributed by atoms with Crippen molar-refractivity contribution in [1.82, 2.24) is 0 Å². The van der Waals surface area contributed by atoms with Crippen molar-refractivity contribution in [2.75, 3.05) is 6.26 Å². The zero-order valence-electron chi connectivity index (χ0n) is 14.9. The first-order chi connectivity index (χ1) is 13.3. The van der Waals surface area contributed by atoms with Gasteiger partial charge in [0, 0.05) is 16.0 Å². The van der Waals surface area contributed by atoms with Crippen LogP contribution in [0.4, 0.5) is 0 Å². The smallest absolute Gasteiger partial charge is 0.344 e. The summed E-state index contributed by atoms with van der Waals surface area (Å²) in [5.74, 6) is 0.573. The Labute approximate surface area is 162 Å². The Morgan fingerprint density at radius 2 is 1.30 bits per heavy atom. The summed E-state index contributed by atoms with van der Waals surface area (Å²) in [6.07, 6.45) is 2.05. The van der Waals surface area contributed by atoms with E-state index in [1.807, 2.05) is 66.7 Å². The third kappa shape index (κ3) is 3.60. The molecule has 0 aliphatic heterocycles. The molecule has 0 fully saturated rings. The molecule has 0 unspecified atom stereocenters. The van der Waals surface area contributed by atoms with E-state index in [0.717, 1.165) is 22.3 Å². The van der Waals surface area contributed by atoms with E-state index in [1.165, 1.54) is 4.90 Å². The molecule has 0 radical (unpaired) electrons. The number of hydrogen-bond donors (Lipinski definition) is 0. The largest absolute Gasteiger partial charge is 0.422 e. The van der Waals surface area contributed by atoms with Gasteiger partial charge in [0.25, 0.3) is 0 Å². The molecule has 4 aromatic rings. The van der Waals surface area contributed by atoms with Crippen LogP contribution in [0.5, 0.6) is 0 Å². The topological polar surface area (TPSA) is 30.2 Å². The highest BCUT2D eigenvalue weighted by molar-refractivity contribution is 7.98. The van der Waals surface area contributed by atoms with E-state index < -0.39 is 0 Å². The lowest BCUT2D eigenvalue weighted by Crippen LogP contribution is -2.06. The van der Waals surface area contributed by atoms with Gasteiger partial charge in [0.2, 0.25) is 0 Å². The molecule has 3 aromatic carbocycles. The summed E-state index contributed by atoms with van der Waals surface area (Å²) in [6, 6.07) is 29.6. The van der Waals surface area contributed by atoms with Crippen LogP contribution in [0.2, 0.25) is 0 Å². The van der Waals surface area contributed by atoms with Crippen molar-refractivity contribution in [2.24, 2.45) is 0 Å². The van der Waals surface area contributed by atoms with Crippen molar-refractivity contribution in [3.63, 3.8) is 0 Å². The SMILES string of the molecule is CSc1ccc(-c2cc(-c3ccccc3)oc(=O)c2-c2ccccc2)cc1. The van der Waals surface area contributed by atoms with Crippen molar-refractivity contribution in [1.29, 1.82) is 0 Å². The second-order valence-corrected chi connectivity index (χ2v) is 7.03. The molecule has 0 saturated heterocycles. The summed E-state index contributed by atoms with van der Waals surface area (Å²) >= 11 is 1.70. The summed E-state index contributed by atoms with van der Waals surface area (Å²) < 4.78 is 5.70. The lowest BCUT2D eigenvalue weighted by molar-refractivity contribution is 0.529. The Hall–Kier alpha value is -3.04. The van der Waals surface area contributed by atoms with Crippen molar-refractivity contribution < 1.29 is 4.42 Å². The lowest BCUT2D eigenvalue weighted by Gasteiger charge is -2.11. The average molecular weight is 370 g/mol. The van der Waals surface area contributed by atoms with Gasteiger partial charge in [0.05, 0.1) is 5.56 Å². The first kappa shape index (κ1) is 17.4. The molecule has 0 spiro atoms. The van der Waals surface area contributed by atoms with Crippen LogP contribution in [0.25, 0.3) is 33.6 Å². The molecule has 3 heteroatoms. The van der Waals surface area contributed by atoms with E-state index >= 15 is 0 Å². The van der Waals surface area contributed by atoms with Gasteiger partial charge in [0.15, 0.2) is 0 Å². The molecule has 0 saturated carbocycles. The van der Waals surface area contributed by atoms with Gasteiger partial charge in [-0.3, -0.25) is 0 Å². The standard InChI is InChI=1S/C24H18O2S/c1-27-20-14-12-17(13-15-20)21-16-22(18-8-4-2-5-9-18)26-24(25)23(21)19-10-6-3-7-11-19/h2-16H,1H3. The summed E-state index contributed by atoms with van der Waals surface area (Å²) in [5.41, 5.74) is 3.88. The van der Waals surface area contributed by atoms with Crippen molar-refractivity contribution in [3.8, 4) is 33.6 Å². The Kier molecular flexibility index (Phi) is 4.95. The molecule has 0 atom stereocenters. The van der Waals surface area contributed by atoms with E-state index in [0.29, 0.717) is 11.3 Å². The highest BCUT2D eigenvalue weighted by Crippen LogP contribution is 2.33. The van der Waals surface area contributed by atoms with E-state index in [9.17, 15) is 4.79 Å². The fourth-order valence-electron chi connectivity index (χ4n) is 3.11. The van der Waals surface area contributed by atoms with Gasteiger partial charge in [-0.25, -0.2) is 4.79 Å². The predicted octanol–water partition coefficient (Wildman–Crippen LogP) is 6.36. The van der Waals surface area contributed by atoms with Crippen LogP contribution in [-0.4, -0.2) is 6.26 Å². The minimum absolute atomic E-state index is 0.327. The lowest BCUT2D eigenvalue weighted by atomic mass is 9.95. The molecule has 4 rings (SSSR count). The van der Waals surface area contributed by atoms with Crippen LogP contribution < -0.4 is 5.63 Å². The van der Waals surface area contributed by atoms with Crippen LogP contribution in [-0.2, 0) is 0 Å². The van der Waals surface area contributed by atoms with Crippen LogP contribution >= 0.6 is 11.8 Å². The summed E-state index contributed by atoms with van der Waals surface area (Å²) in [7, 11) is 0. The molecule has 0 bridgehead atoms. The Morgan fingerprint density at radius 1 is 0.704 bits per heavy atom. The fraction of sp³-hybridized carbons (Fsp3) is 0.0417. The van der Waals surface area contributed by atoms with Gasteiger partial charge in [-0.15, -0.1) is 11.8 Å². The molecule has 1 heterocycles. The molecular weight excluding hydrogens is 352 g/mol. The molecule has 0 N–H and O–H groups in total. The molecule has 2 nitrogen and oxygen atoms in total. The second-order valence-electron chi connectivity index (χ2n) is 6.15. The first-order valence-corrected chi connectivity index (χ1v) is 9.92. The van der Waals surface area contributed by atoms with Crippen LogP contribution in [0.1, 0.15) is 0 Å². The second kappa shape index (κ2) is 7.68. The minimum atomic E-state index is -0.327. The van der Waals surface area contributed by atoms with Crippen molar-refractivity contribution >= 4 is 11.8 Å². The highest BCUT2D eigenvalue weighted by atomic mass is 32.2. The third-order valence-corrected chi connectivity index (χ3v) is 5.22. The zero-order chi connectivity index (χ0) is 18.6. The van der Waals surface area contributed by atoms with Gasteiger partial charge in [-0.1, -0.05) is 72.8 Å². The van der Waals surface area contributed by atoms with E-state index in [4.69, 9.17) is 4.42 Å². The van der Waals surface area contributed by atoms with E-state index in [2.05, 4.69) is 30.5 Å². The molecule has 27 heavy (non-hydrogen) atoms. The number of benzene rings is 3. The Bertz CT molecular complexity index is 1100. The maximum atomic E-state index is 13.0. The average Bonchev–Trinajstić information content (AvgIpc) is 2.74. The van der Waals surface area contributed by atoms with Gasteiger partial charge in [-0.05, 0) is 35.6 Å². The Morgan fingerprint density at radius 3 is 1.89 bits per heavy atom. The number of rotatable bonds is 4.